The molecule has 0 unspecified atom stereocenters. The number of likely N-dealkylation sites (tertiary alicyclic amines) is 1. The lowest BCUT2D eigenvalue weighted by Gasteiger charge is -2.34. The predicted octanol–water partition coefficient (Wildman–Crippen LogP) is 4.02. The second-order valence-corrected chi connectivity index (χ2v) is 7.01. The van der Waals surface area contributed by atoms with E-state index in [0.29, 0.717) is 37.3 Å². The predicted molar refractivity (Wildman–Crippen MR) is 100 cm³/mol. The summed E-state index contributed by atoms with van der Waals surface area (Å²) in [5.74, 6) is -0.530. The van der Waals surface area contributed by atoms with Gasteiger partial charge in [0.25, 0.3) is 0 Å². The number of alkyl halides is 3. The molecule has 0 atom stereocenters. The molecule has 2 heterocycles. The Morgan fingerprint density at radius 2 is 2.00 bits per heavy atom. The number of hydrogen-bond donors (Lipinski definition) is 1. The van der Waals surface area contributed by atoms with Gasteiger partial charge in [-0.05, 0) is 43.0 Å². The fourth-order valence-corrected chi connectivity index (χ4v) is 3.29. The highest BCUT2D eigenvalue weighted by Crippen LogP contribution is 2.32. The van der Waals surface area contributed by atoms with E-state index in [0.717, 1.165) is 6.07 Å². The molecule has 1 aromatic carbocycles. The van der Waals surface area contributed by atoms with Crippen molar-refractivity contribution in [2.24, 2.45) is 0 Å². The van der Waals surface area contributed by atoms with Crippen molar-refractivity contribution < 1.29 is 27.8 Å². The second-order valence-electron chi connectivity index (χ2n) is 7.01. The average Bonchev–Trinajstić information content (AvgIpc) is 3.17. The fraction of sp³-hybridized carbons (Fsp3) is 0.400. The molecule has 3 rings (SSSR count). The quantitative estimate of drug-likeness (QED) is 0.781. The van der Waals surface area contributed by atoms with E-state index in [9.17, 15) is 18.0 Å². The van der Waals surface area contributed by atoms with Gasteiger partial charge in [0.2, 0.25) is 0 Å². The number of carboxylic acids is 1. The second kappa shape index (κ2) is 8.28. The normalized spacial score (nSPS) is 15.5. The molecule has 1 aromatic heterocycles. The first-order valence-corrected chi connectivity index (χ1v) is 9.16. The summed E-state index contributed by atoms with van der Waals surface area (Å²) in [6.07, 6.45) is -1.53. The summed E-state index contributed by atoms with van der Waals surface area (Å²) in [4.78, 5) is 12.9. The van der Waals surface area contributed by atoms with Crippen molar-refractivity contribution in [3.63, 3.8) is 0 Å². The van der Waals surface area contributed by atoms with Crippen LogP contribution in [0.5, 0.6) is 0 Å². The largest absolute Gasteiger partial charge is 0.476 e. The van der Waals surface area contributed by atoms with Crippen molar-refractivity contribution in [3.05, 3.63) is 59.4 Å². The van der Waals surface area contributed by atoms with Crippen molar-refractivity contribution in [1.82, 2.24) is 14.7 Å². The van der Waals surface area contributed by atoms with Gasteiger partial charge in [-0.1, -0.05) is 18.7 Å². The number of ether oxygens (including phenoxy) is 1. The van der Waals surface area contributed by atoms with Crippen LogP contribution < -0.4 is 0 Å². The average molecular weight is 409 g/mol. The van der Waals surface area contributed by atoms with Crippen molar-refractivity contribution in [2.45, 2.75) is 38.7 Å². The Labute approximate surface area is 166 Å². The molecule has 1 saturated heterocycles. The molecule has 1 fully saturated rings. The van der Waals surface area contributed by atoms with Crippen LogP contribution in [0.25, 0.3) is 5.82 Å². The van der Waals surface area contributed by atoms with Crippen LogP contribution in [0.4, 0.5) is 13.2 Å². The van der Waals surface area contributed by atoms with E-state index in [4.69, 9.17) is 9.84 Å². The van der Waals surface area contributed by atoms with E-state index in [1.807, 2.05) is 4.90 Å². The SMILES string of the molecule is C=C(N1CCC(OCc2ccc(C)c(C(F)(F)F)c2)CC1)n1ccc(C(=O)O)n1. The van der Waals surface area contributed by atoms with E-state index in [1.54, 1.807) is 12.3 Å². The third-order valence-corrected chi connectivity index (χ3v) is 4.97. The number of rotatable bonds is 6. The minimum atomic E-state index is -4.38. The Morgan fingerprint density at radius 1 is 1.31 bits per heavy atom. The molecule has 6 nitrogen and oxygen atoms in total. The number of nitrogens with zero attached hydrogens (tertiary/aromatic N) is 3. The molecule has 29 heavy (non-hydrogen) atoms. The van der Waals surface area contributed by atoms with Gasteiger partial charge in [-0.3, -0.25) is 0 Å². The first-order valence-electron chi connectivity index (χ1n) is 9.16. The zero-order chi connectivity index (χ0) is 21.2. The van der Waals surface area contributed by atoms with Gasteiger partial charge < -0.3 is 14.7 Å². The molecule has 0 bridgehead atoms. The van der Waals surface area contributed by atoms with Gasteiger partial charge in [0.1, 0.15) is 5.82 Å². The molecule has 1 N–H and O–H groups in total. The molecule has 156 valence electrons. The van der Waals surface area contributed by atoms with Crippen LogP contribution in [0.2, 0.25) is 0 Å². The lowest BCUT2D eigenvalue weighted by Crippen LogP contribution is -2.37. The molecule has 0 spiro atoms. The molecule has 9 heteroatoms. The molecule has 1 aliphatic heterocycles. The summed E-state index contributed by atoms with van der Waals surface area (Å²) in [7, 11) is 0. The minimum Gasteiger partial charge on any atom is -0.476 e. The van der Waals surface area contributed by atoms with Crippen LogP contribution in [-0.4, -0.2) is 44.9 Å². The van der Waals surface area contributed by atoms with Crippen LogP contribution in [0.15, 0.2) is 37.0 Å². The lowest BCUT2D eigenvalue weighted by atomic mass is 10.0. The summed E-state index contributed by atoms with van der Waals surface area (Å²) >= 11 is 0. The summed E-state index contributed by atoms with van der Waals surface area (Å²) in [5.41, 5.74) is -0.00406. The number of aromatic nitrogens is 2. The number of halogens is 3. The summed E-state index contributed by atoms with van der Waals surface area (Å²) in [5, 5.41) is 12.9. The van der Waals surface area contributed by atoms with Gasteiger partial charge in [-0.25, -0.2) is 9.48 Å². The Morgan fingerprint density at radius 3 is 2.59 bits per heavy atom. The first-order chi connectivity index (χ1) is 13.6. The number of carboxylic acid groups (broad SMARTS) is 1. The molecule has 0 amide bonds. The Kier molecular flexibility index (Phi) is 5.97. The number of carbonyl (C=O) groups is 1. The molecule has 1 aliphatic rings. The third-order valence-electron chi connectivity index (χ3n) is 4.97. The van der Waals surface area contributed by atoms with Crippen molar-refractivity contribution >= 4 is 11.8 Å². The van der Waals surface area contributed by atoms with E-state index in [-0.39, 0.29) is 24.0 Å². The maximum absolute atomic E-state index is 13.0. The van der Waals surface area contributed by atoms with E-state index in [1.165, 1.54) is 23.7 Å². The molecule has 0 saturated carbocycles. The van der Waals surface area contributed by atoms with E-state index < -0.39 is 17.7 Å². The topological polar surface area (TPSA) is 67.6 Å². The van der Waals surface area contributed by atoms with Crippen LogP contribution in [0, 0.1) is 6.92 Å². The van der Waals surface area contributed by atoms with Gasteiger partial charge >= 0.3 is 12.1 Å². The molecule has 2 aromatic rings. The highest BCUT2D eigenvalue weighted by atomic mass is 19.4. The van der Waals surface area contributed by atoms with Crippen LogP contribution in [-0.2, 0) is 17.5 Å². The summed E-state index contributed by atoms with van der Waals surface area (Å²) in [6, 6.07) is 5.66. The fourth-order valence-electron chi connectivity index (χ4n) is 3.29. The third kappa shape index (κ3) is 4.97. The highest BCUT2D eigenvalue weighted by molar-refractivity contribution is 5.85. The summed E-state index contributed by atoms with van der Waals surface area (Å²) in [6.45, 7) is 6.79. The van der Waals surface area contributed by atoms with Gasteiger partial charge in [-0.15, -0.1) is 0 Å². The minimum absolute atomic E-state index is 0.0549. The standard InChI is InChI=1S/C20H22F3N3O3/c1-13-3-4-15(11-17(13)20(21,22)23)12-29-16-5-8-25(9-6-16)14(2)26-10-7-18(24-26)19(27)28/h3-4,7,10-11,16H,2,5-6,8-9,12H2,1H3,(H,27,28). The molecule has 0 radical (unpaired) electrons. The number of benzene rings is 1. The Bertz CT molecular complexity index is 900. The first kappa shape index (κ1) is 20.9. The smallest absolute Gasteiger partial charge is 0.416 e. The number of aromatic carboxylic acids is 1. The Hall–Kier alpha value is -2.81. The molecular formula is C20H22F3N3O3. The number of piperidine rings is 1. The van der Waals surface area contributed by atoms with E-state index >= 15 is 0 Å². The van der Waals surface area contributed by atoms with Gasteiger partial charge in [-0.2, -0.15) is 18.3 Å². The van der Waals surface area contributed by atoms with Gasteiger partial charge in [0.15, 0.2) is 5.69 Å². The maximum atomic E-state index is 13.0. The van der Waals surface area contributed by atoms with Gasteiger partial charge in [0.05, 0.1) is 18.3 Å². The van der Waals surface area contributed by atoms with Crippen LogP contribution in [0.3, 0.4) is 0 Å². The van der Waals surface area contributed by atoms with Crippen molar-refractivity contribution in [2.75, 3.05) is 13.1 Å². The molecular weight excluding hydrogens is 387 g/mol. The zero-order valence-electron chi connectivity index (χ0n) is 15.9. The monoisotopic (exact) mass is 409 g/mol. The Balaban J connectivity index is 1.52. The van der Waals surface area contributed by atoms with Crippen LogP contribution in [0.1, 0.15) is 40.0 Å². The van der Waals surface area contributed by atoms with Crippen molar-refractivity contribution in [1.29, 1.82) is 0 Å². The highest BCUT2D eigenvalue weighted by Gasteiger charge is 2.32. The lowest BCUT2D eigenvalue weighted by molar-refractivity contribution is -0.138. The zero-order valence-corrected chi connectivity index (χ0v) is 15.9. The van der Waals surface area contributed by atoms with Crippen LogP contribution >= 0.6 is 0 Å². The van der Waals surface area contributed by atoms with E-state index in [2.05, 4.69) is 11.7 Å². The maximum Gasteiger partial charge on any atom is 0.416 e. The number of hydrogen-bond acceptors (Lipinski definition) is 4. The molecule has 0 aliphatic carbocycles. The van der Waals surface area contributed by atoms with Gasteiger partial charge in [0, 0.05) is 19.3 Å². The summed E-state index contributed by atoms with van der Waals surface area (Å²) < 4.78 is 46.3. The van der Waals surface area contributed by atoms with Crippen molar-refractivity contribution in [3.8, 4) is 0 Å². The number of aryl methyl sites for hydroxylation is 1.